The summed E-state index contributed by atoms with van der Waals surface area (Å²) in [6.07, 6.45) is 7.34. The molecule has 0 saturated carbocycles. The molecule has 4 heterocycles. The lowest BCUT2D eigenvalue weighted by Crippen LogP contribution is -2.62. The second kappa shape index (κ2) is 5.83. The van der Waals surface area contributed by atoms with Crippen LogP contribution < -0.4 is 9.47 Å². The van der Waals surface area contributed by atoms with Crippen molar-refractivity contribution in [1.29, 1.82) is 0 Å². The van der Waals surface area contributed by atoms with Crippen LogP contribution in [0.2, 0.25) is 0 Å². The Balaban J connectivity index is 1.56. The van der Waals surface area contributed by atoms with E-state index in [-0.39, 0.29) is 31.2 Å². The first-order valence-electron chi connectivity index (χ1n) is 9.75. The monoisotopic (exact) mass is 389 g/mol. The molecule has 0 radical (unpaired) electrons. The van der Waals surface area contributed by atoms with Gasteiger partial charge in [-0.3, -0.25) is 14.6 Å². The van der Waals surface area contributed by atoms with Gasteiger partial charge in [-0.25, -0.2) is 0 Å². The van der Waals surface area contributed by atoms with Crippen LogP contribution in [0.15, 0.2) is 58.3 Å². The number of hydrogen-bond acceptors (Lipinski definition) is 5. The Morgan fingerprint density at radius 3 is 2.93 bits per heavy atom. The van der Waals surface area contributed by atoms with Gasteiger partial charge in [-0.05, 0) is 35.8 Å². The lowest BCUT2D eigenvalue weighted by Gasteiger charge is -2.47. The van der Waals surface area contributed by atoms with Crippen LogP contribution in [0.1, 0.15) is 24.4 Å². The lowest BCUT2D eigenvalue weighted by atomic mass is 9.80. The molecular weight excluding hydrogens is 370 g/mol. The number of rotatable bonds is 1. The average molecular weight is 389 g/mol. The molecule has 1 aromatic rings. The summed E-state index contributed by atoms with van der Waals surface area (Å²) in [5.41, 5.74) is 4.96. The van der Waals surface area contributed by atoms with Crippen LogP contribution in [-0.2, 0) is 9.59 Å². The van der Waals surface area contributed by atoms with Crippen LogP contribution >= 0.6 is 0 Å². The molecule has 1 aromatic carbocycles. The van der Waals surface area contributed by atoms with E-state index in [9.17, 15) is 9.59 Å². The van der Waals surface area contributed by atoms with Gasteiger partial charge in [0.15, 0.2) is 11.5 Å². The van der Waals surface area contributed by atoms with Gasteiger partial charge in [0.05, 0.1) is 18.3 Å². The van der Waals surface area contributed by atoms with Gasteiger partial charge in [-0.1, -0.05) is 18.2 Å². The first kappa shape index (κ1) is 16.6. The highest BCUT2D eigenvalue weighted by molar-refractivity contribution is 6.12. The molecule has 2 atom stereocenters. The Morgan fingerprint density at radius 1 is 1.17 bits per heavy atom. The maximum Gasteiger partial charge on any atom is 0.246 e. The number of amides is 2. The Labute approximate surface area is 167 Å². The van der Waals surface area contributed by atoms with Gasteiger partial charge in [-0.15, -0.1) is 0 Å². The van der Waals surface area contributed by atoms with E-state index in [0.29, 0.717) is 17.9 Å². The molecule has 0 aromatic heterocycles. The molecule has 146 valence electrons. The second-order valence-electron chi connectivity index (χ2n) is 7.87. The third-order valence-corrected chi connectivity index (χ3v) is 6.22. The van der Waals surface area contributed by atoms with Crippen molar-refractivity contribution in [2.75, 3.05) is 20.4 Å². The minimum Gasteiger partial charge on any atom is -0.454 e. The largest absolute Gasteiger partial charge is 0.454 e. The molecule has 0 N–H and O–H groups in total. The molecule has 6 rings (SSSR count). The number of hydrogen-bond donors (Lipinski definition) is 0. The number of fused-ring (bicyclic) bond motifs is 4. The summed E-state index contributed by atoms with van der Waals surface area (Å²) in [6.45, 7) is 0.282. The van der Waals surface area contributed by atoms with E-state index in [1.54, 1.807) is 11.9 Å². The molecule has 2 saturated heterocycles. The van der Waals surface area contributed by atoms with Crippen LogP contribution in [0.3, 0.4) is 0 Å². The predicted molar refractivity (Wildman–Crippen MR) is 104 cm³/mol. The third kappa shape index (κ3) is 2.27. The van der Waals surface area contributed by atoms with Crippen molar-refractivity contribution in [3.05, 3.63) is 58.8 Å². The molecule has 4 aliphatic heterocycles. The van der Waals surface area contributed by atoms with Crippen molar-refractivity contribution in [2.45, 2.75) is 24.9 Å². The second-order valence-corrected chi connectivity index (χ2v) is 7.87. The number of allylic oxidation sites excluding steroid dienone is 4. The van der Waals surface area contributed by atoms with Crippen LogP contribution in [0.25, 0.3) is 0 Å². The molecule has 0 unspecified atom stereocenters. The highest BCUT2D eigenvalue weighted by Gasteiger charge is 2.50. The van der Waals surface area contributed by atoms with E-state index < -0.39 is 6.04 Å². The fourth-order valence-electron chi connectivity index (χ4n) is 4.91. The molecule has 0 spiro atoms. The number of ether oxygens (including phenoxy) is 2. The Hall–Kier alpha value is -3.35. The van der Waals surface area contributed by atoms with Crippen LogP contribution in [0, 0.1) is 0 Å². The van der Waals surface area contributed by atoms with Crippen LogP contribution in [0.5, 0.6) is 11.5 Å². The predicted octanol–water partition coefficient (Wildman–Crippen LogP) is 2.12. The van der Waals surface area contributed by atoms with Gasteiger partial charge in [0.2, 0.25) is 18.6 Å². The Morgan fingerprint density at radius 2 is 2.03 bits per heavy atom. The number of nitrogens with zero attached hydrogens (tertiary/aromatic N) is 3. The summed E-state index contributed by atoms with van der Waals surface area (Å²) >= 11 is 0. The smallest absolute Gasteiger partial charge is 0.246 e. The van der Waals surface area contributed by atoms with E-state index in [1.807, 2.05) is 30.4 Å². The van der Waals surface area contributed by atoms with Crippen molar-refractivity contribution >= 4 is 17.5 Å². The molecule has 2 fully saturated rings. The number of piperazine rings is 1. The first-order chi connectivity index (χ1) is 14.1. The quantitative estimate of drug-likeness (QED) is 0.738. The fraction of sp³-hybridized carbons (Fsp3) is 0.318. The van der Waals surface area contributed by atoms with E-state index in [0.717, 1.165) is 34.5 Å². The van der Waals surface area contributed by atoms with Gasteiger partial charge in [0, 0.05) is 24.8 Å². The Bertz CT molecular complexity index is 1100. The maximum absolute atomic E-state index is 13.1. The van der Waals surface area contributed by atoms with Gasteiger partial charge >= 0.3 is 0 Å². The zero-order chi connectivity index (χ0) is 19.7. The lowest BCUT2D eigenvalue weighted by molar-refractivity contribution is -0.156. The SMILES string of the molecule is CN1CC(=O)N2[C@H](CC3=NC4=CC=CCC4=C3[C@H]2c2ccc3c(c2)OCO3)C1=O. The van der Waals surface area contributed by atoms with E-state index in [4.69, 9.17) is 14.5 Å². The molecule has 2 amide bonds. The summed E-state index contributed by atoms with van der Waals surface area (Å²) in [4.78, 5) is 34.2. The Kier molecular flexibility index (Phi) is 3.33. The zero-order valence-corrected chi connectivity index (χ0v) is 15.9. The molecular formula is C22H19N3O4. The topological polar surface area (TPSA) is 71.4 Å². The molecule has 5 aliphatic rings. The van der Waals surface area contributed by atoms with Crippen molar-refractivity contribution in [1.82, 2.24) is 9.80 Å². The molecule has 1 aliphatic carbocycles. The zero-order valence-electron chi connectivity index (χ0n) is 15.9. The summed E-state index contributed by atoms with van der Waals surface area (Å²) in [6, 6.07) is 4.87. The normalized spacial score (nSPS) is 26.9. The van der Waals surface area contributed by atoms with Crippen LogP contribution in [-0.4, -0.2) is 53.8 Å². The van der Waals surface area contributed by atoms with Gasteiger partial charge in [-0.2, -0.15) is 0 Å². The van der Waals surface area contributed by atoms with Gasteiger partial charge in [0.25, 0.3) is 0 Å². The van der Waals surface area contributed by atoms with Crippen molar-refractivity contribution < 1.29 is 19.1 Å². The summed E-state index contributed by atoms with van der Waals surface area (Å²) in [5, 5.41) is 0. The maximum atomic E-state index is 13.1. The minimum absolute atomic E-state index is 0.0379. The summed E-state index contributed by atoms with van der Waals surface area (Å²) in [5.74, 6) is 1.28. The highest BCUT2D eigenvalue weighted by Crippen LogP contribution is 2.48. The number of aliphatic imine (C=N–C) groups is 1. The van der Waals surface area contributed by atoms with Crippen LogP contribution in [0.4, 0.5) is 0 Å². The average Bonchev–Trinajstić information content (AvgIpc) is 3.34. The van der Waals surface area contributed by atoms with Crippen molar-refractivity contribution in [3.8, 4) is 11.5 Å². The van der Waals surface area contributed by atoms with Crippen molar-refractivity contribution in [3.63, 3.8) is 0 Å². The number of carbonyl (C=O) groups excluding carboxylic acids is 2. The number of piperidine rings is 1. The molecule has 0 bridgehead atoms. The highest BCUT2D eigenvalue weighted by atomic mass is 16.7. The summed E-state index contributed by atoms with van der Waals surface area (Å²) in [7, 11) is 1.68. The fourth-order valence-corrected chi connectivity index (χ4v) is 4.91. The number of carbonyl (C=O) groups is 2. The minimum atomic E-state index is -0.534. The van der Waals surface area contributed by atoms with Gasteiger partial charge < -0.3 is 19.3 Å². The van der Waals surface area contributed by atoms with E-state index >= 15 is 0 Å². The van der Waals surface area contributed by atoms with Gasteiger partial charge in [0.1, 0.15) is 6.04 Å². The first-order valence-corrected chi connectivity index (χ1v) is 9.75. The summed E-state index contributed by atoms with van der Waals surface area (Å²) < 4.78 is 11.0. The van der Waals surface area contributed by atoms with E-state index in [2.05, 4.69) is 6.08 Å². The third-order valence-electron chi connectivity index (χ3n) is 6.22. The number of benzene rings is 1. The van der Waals surface area contributed by atoms with Crippen molar-refractivity contribution in [2.24, 2.45) is 4.99 Å². The van der Waals surface area contributed by atoms with E-state index in [1.165, 1.54) is 4.90 Å². The number of likely N-dealkylation sites (N-methyl/N-ethyl adjacent to an activating group) is 1. The molecule has 29 heavy (non-hydrogen) atoms. The molecule has 7 heteroatoms. The molecule has 7 nitrogen and oxygen atoms in total. The standard InChI is InChI=1S/C22H19N3O4/c1-24-10-19(26)25-16(22(24)27)9-15-20(13-4-2-3-5-14(13)23-15)21(25)12-6-7-17-18(8-12)29-11-28-17/h2-3,5-8,16,21H,4,9-11H2,1H3/t16-,21-/m1/s1.